The van der Waals surface area contributed by atoms with Crippen LogP contribution in [0.25, 0.3) is 17.7 Å². The smallest absolute Gasteiger partial charge is 0.328 e. The molecule has 0 bridgehead atoms. The van der Waals surface area contributed by atoms with Gasteiger partial charge in [-0.2, -0.15) is 0 Å². The van der Waals surface area contributed by atoms with Gasteiger partial charge >= 0.3 is 5.97 Å². The molecule has 2 aromatic carbocycles. The van der Waals surface area contributed by atoms with Crippen LogP contribution in [0, 0.1) is 0 Å². The van der Waals surface area contributed by atoms with Crippen molar-refractivity contribution in [1.29, 1.82) is 0 Å². The van der Waals surface area contributed by atoms with Gasteiger partial charge in [0.2, 0.25) is 0 Å². The fourth-order valence-corrected chi connectivity index (χ4v) is 2.85. The Balaban J connectivity index is 2.37. The summed E-state index contributed by atoms with van der Waals surface area (Å²) in [5, 5.41) is 8.81. The molecule has 0 aliphatic carbocycles. The molecule has 0 amide bonds. The number of hydrogen-bond acceptors (Lipinski definition) is 1. The van der Waals surface area contributed by atoms with Gasteiger partial charge in [-0.05, 0) is 58.7 Å². The number of aliphatic carboxylic acids is 1. The number of carboxylic acids is 1. The zero-order chi connectivity index (χ0) is 21.4. The maximum Gasteiger partial charge on any atom is 0.328 e. The molecule has 0 aliphatic rings. The van der Waals surface area contributed by atoms with Crippen LogP contribution in [0.15, 0.2) is 78.4 Å². The summed E-state index contributed by atoms with van der Waals surface area (Å²) in [7, 11) is 0. The van der Waals surface area contributed by atoms with Crippen molar-refractivity contribution in [3.63, 3.8) is 0 Å². The number of rotatable bonds is 6. The second-order valence-electron chi connectivity index (χ2n) is 8.27. The fourth-order valence-electron chi connectivity index (χ4n) is 2.85. The van der Waals surface area contributed by atoms with Crippen molar-refractivity contribution >= 4 is 23.7 Å². The molecule has 0 saturated heterocycles. The maximum absolute atomic E-state index is 10.7. The van der Waals surface area contributed by atoms with Gasteiger partial charge in [-0.15, -0.1) is 0 Å². The Bertz CT molecular complexity index is 965. The molecule has 0 radical (unpaired) electrons. The van der Waals surface area contributed by atoms with Crippen molar-refractivity contribution in [3.05, 3.63) is 101 Å². The number of hydrogen-bond donors (Lipinski definition) is 1. The van der Waals surface area contributed by atoms with E-state index in [1.807, 2.05) is 30.4 Å². The molecule has 2 heteroatoms. The van der Waals surface area contributed by atoms with E-state index in [1.54, 1.807) is 13.0 Å². The van der Waals surface area contributed by atoms with E-state index in [9.17, 15) is 4.79 Å². The third-order valence-electron chi connectivity index (χ3n) is 4.60. The number of allylic oxidation sites excluding steroid dienone is 5. The first-order valence-corrected chi connectivity index (χ1v) is 9.80. The van der Waals surface area contributed by atoms with E-state index in [0.29, 0.717) is 5.57 Å². The number of benzene rings is 2. The minimum absolute atomic E-state index is 0.0439. The molecule has 1 N–H and O–H groups in total. The Hall–Kier alpha value is -3.13. The summed E-state index contributed by atoms with van der Waals surface area (Å²) >= 11 is 0. The lowest BCUT2D eigenvalue weighted by molar-refractivity contribution is -0.131. The Morgan fingerprint density at radius 3 is 2.21 bits per heavy atom. The van der Waals surface area contributed by atoms with Crippen LogP contribution in [0.2, 0.25) is 0 Å². The summed E-state index contributed by atoms with van der Waals surface area (Å²) < 4.78 is 0. The molecule has 2 nitrogen and oxygen atoms in total. The highest BCUT2D eigenvalue weighted by Crippen LogP contribution is 2.28. The van der Waals surface area contributed by atoms with Crippen molar-refractivity contribution in [3.8, 4) is 0 Å². The van der Waals surface area contributed by atoms with Crippen LogP contribution in [0.3, 0.4) is 0 Å². The predicted octanol–water partition coefficient (Wildman–Crippen LogP) is 7.14. The predicted molar refractivity (Wildman–Crippen MR) is 125 cm³/mol. The molecule has 0 saturated carbocycles. The van der Waals surface area contributed by atoms with Gasteiger partial charge in [-0.1, -0.05) is 93.6 Å². The van der Waals surface area contributed by atoms with E-state index < -0.39 is 5.97 Å². The molecule has 0 unspecified atom stereocenters. The van der Waals surface area contributed by atoms with Gasteiger partial charge in [0.25, 0.3) is 0 Å². The molecular weight excluding hydrogens is 356 g/mol. The largest absolute Gasteiger partial charge is 0.478 e. The third kappa shape index (κ3) is 7.42. The second-order valence-corrected chi connectivity index (χ2v) is 8.27. The van der Waals surface area contributed by atoms with Crippen molar-refractivity contribution < 1.29 is 9.90 Å². The molecular formula is C27H30O2. The van der Waals surface area contributed by atoms with Crippen molar-refractivity contribution in [2.24, 2.45) is 0 Å². The van der Waals surface area contributed by atoms with Crippen LogP contribution >= 0.6 is 0 Å². The minimum atomic E-state index is -0.930. The molecule has 0 spiro atoms. The van der Waals surface area contributed by atoms with Crippen LogP contribution in [-0.4, -0.2) is 11.1 Å². The second kappa shape index (κ2) is 9.88. The van der Waals surface area contributed by atoms with Gasteiger partial charge in [0.1, 0.15) is 0 Å². The third-order valence-corrected chi connectivity index (χ3v) is 4.60. The van der Waals surface area contributed by atoms with Gasteiger partial charge in [0.15, 0.2) is 0 Å². The van der Waals surface area contributed by atoms with Crippen LogP contribution in [-0.2, 0) is 10.2 Å². The van der Waals surface area contributed by atoms with E-state index in [0.717, 1.165) is 16.7 Å². The monoisotopic (exact) mass is 386 g/mol. The molecule has 0 aromatic heterocycles. The number of carboxylic acid groups (broad SMARTS) is 1. The van der Waals surface area contributed by atoms with Crippen LogP contribution in [0.5, 0.6) is 0 Å². The summed E-state index contributed by atoms with van der Waals surface area (Å²) in [6, 6.07) is 16.9. The summed E-state index contributed by atoms with van der Waals surface area (Å²) in [4.78, 5) is 10.7. The van der Waals surface area contributed by atoms with E-state index in [-0.39, 0.29) is 5.41 Å². The first-order valence-electron chi connectivity index (χ1n) is 9.80. The average Bonchev–Trinajstić information content (AvgIpc) is 2.65. The highest BCUT2D eigenvalue weighted by atomic mass is 16.4. The van der Waals surface area contributed by atoms with Gasteiger partial charge < -0.3 is 5.11 Å². The van der Waals surface area contributed by atoms with Crippen molar-refractivity contribution in [1.82, 2.24) is 0 Å². The minimum Gasteiger partial charge on any atom is -0.478 e. The van der Waals surface area contributed by atoms with Gasteiger partial charge in [0.05, 0.1) is 0 Å². The van der Waals surface area contributed by atoms with Crippen LogP contribution in [0.4, 0.5) is 0 Å². The molecule has 29 heavy (non-hydrogen) atoms. The van der Waals surface area contributed by atoms with Crippen LogP contribution in [0.1, 0.15) is 56.9 Å². The lowest BCUT2D eigenvalue weighted by atomic mass is 9.84. The topological polar surface area (TPSA) is 37.3 Å². The Kier molecular flexibility index (Phi) is 7.55. The van der Waals surface area contributed by atoms with Gasteiger partial charge in [-0.25, -0.2) is 4.79 Å². The zero-order valence-electron chi connectivity index (χ0n) is 17.9. The highest BCUT2D eigenvalue weighted by molar-refractivity contribution is 5.81. The lowest BCUT2D eigenvalue weighted by Gasteiger charge is -2.21. The molecule has 2 aromatic rings. The quantitative estimate of drug-likeness (QED) is 0.325. The molecule has 150 valence electrons. The number of carbonyl (C=O) groups is 1. The Labute approximate surface area is 174 Å². The van der Waals surface area contributed by atoms with Crippen molar-refractivity contribution in [2.75, 3.05) is 0 Å². The molecule has 0 heterocycles. The van der Waals surface area contributed by atoms with E-state index >= 15 is 0 Å². The standard InChI is InChI=1S/C27H30O2/c1-20(16-26(28)29)10-9-11-21(2)24-17-23(18-25(19-24)27(3,4)5)15-14-22-12-7-6-8-13-22/h6-19H,1-5H3,(H,28,29). The van der Waals surface area contributed by atoms with E-state index in [2.05, 4.69) is 70.2 Å². The Morgan fingerprint density at radius 2 is 1.59 bits per heavy atom. The summed E-state index contributed by atoms with van der Waals surface area (Å²) in [5.41, 5.74) is 6.65. The fraction of sp³-hybridized carbons (Fsp3) is 0.222. The SMILES string of the molecule is CC(C=CC=C(C)c1cc(C=Cc2ccccc2)cc(C(C)(C)C)c1)=CC(=O)O. The maximum atomic E-state index is 10.7. The lowest BCUT2D eigenvalue weighted by Crippen LogP contribution is -2.11. The first kappa shape index (κ1) is 22.2. The summed E-state index contributed by atoms with van der Waals surface area (Å²) in [6.45, 7) is 10.5. The molecule has 2 rings (SSSR count). The zero-order valence-corrected chi connectivity index (χ0v) is 17.9. The normalized spacial score (nSPS) is 13.4. The van der Waals surface area contributed by atoms with Crippen molar-refractivity contribution in [2.45, 2.75) is 40.0 Å². The van der Waals surface area contributed by atoms with Gasteiger partial charge in [0, 0.05) is 6.08 Å². The first-order chi connectivity index (χ1) is 13.6. The van der Waals surface area contributed by atoms with Gasteiger partial charge in [-0.3, -0.25) is 0 Å². The van der Waals surface area contributed by atoms with Crippen LogP contribution < -0.4 is 0 Å². The van der Waals surface area contributed by atoms with E-state index in [1.165, 1.54) is 17.2 Å². The summed E-state index contributed by atoms with van der Waals surface area (Å²) in [6.07, 6.45) is 11.2. The molecule has 0 fully saturated rings. The molecule has 0 atom stereocenters. The molecule has 0 aliphatic heterocycles. The van der Waals surface area contributed by atoms with E-state index in [4.69, 9.17) is 5.11 Å². The summed E-state index contributed by atoms with van der Waals surface area (Å²) in [5.74, 6) is -0.930. The highest BCUT2D eigenvalue weighted by Gasteiger charge is 2.15. The Morgan fingerprint density at radius 1 is 0.931 bits per heavy atom. The average molecular weight is 387 g/mol.